The molecule has 8 heteroatoms. The minimum atomic E-state index is -0.640. The van der Waals surface area contributed by atoms with Crippen LogP contribution in [0.1, 0.15) is 33.3 Å². The molecule has 0 aromatic carbocycles. The number of aliphatic hydroxyl groups is 1. The third kappa shape index (κ3) is 2.65. The standard InChI is InChI=1S/C16H20BN3O4/c1-15(2)16(3,4)24-17(23-15)13-7-12(22-6-5-21)10-20-14(13)11(8-18)9-19-20/h7,9-10,21H,5-6H2,1-4H3. The van der Waals surface area contributed by atoms with Gasteiger partial charge in [0.05, 0.1) is 41.3 Å². The molecule has 1 fully saturated rings. The molecule has 24 heavy (non-hydrogen) atoms. The van der Waals surface area contributed by atoms with Gasteiger partial charge in [0.1, 0.15) is 18.4 Å². The SMILES string of the molecule is CC1(C)OB(c2cc(OCCO)cn3ncc(C#N)c23)OC1(C)C. The molecule has 7 nitrogen and oxygen atoms in total. The fourth-order valence-electron chi connectivity index (χ4n) is 2.60. The Morgan fingerprint density at radius 2 is 2.00 bits per heavy atom. The Morgan fingerprint density at radius 3 is 2.58 bits per heavy atom. The first-order chi connectivity index (χ1) is 11.3. The van der Waals surface area contributed by atoms with Crippen LogP contribution in [-0.4, -0.2) is 46.3 Å². The van der Waals surface area contributed by atoms with Gasteiger partial charge in [-0.1, -0.05) is 0 Å². The summed E-state index contributed by atoms with van der Waals surface area (Å²) in [5.41, 5.74) is 0.756. The molecule has 1 aliphatic rings. The van der Waals surface area contributed by atoms with Crippen molar-refractivity contribution in [3.05, 3.63) is 24.0 Å². The van der Waals surface area contributed by atoms with Gasteiger partial charge < -0.3 is 19.2 Å². The first-order valence-electron chi connectivity index (χ1n) is 7.80. The van der Waals surface area contributed by atoms with Crippen molar-refractivity contribution in [1.29, 1.82) is 5.26 Å². The van der Waals surface area contributed by atoms with Gasteiger partial charge in [-0.2, -0.15) is 10.4 Å². The third-order valence-electron chi connectivity index (χ3n) is 4.60. The summed E-state index contributed by atoms with van der Waals surface area (Å²) in [4.78, 5) is 0. The molecule has 0 atom stereocenters. The average molecular weight is 329 g/mol. The van der Waals surface area contributed by atoms with Gasteiger partial charge in [-0.3, -0.25) is 0 Å². The Morgan fingerprint density at radius 1 is 1.33 bits per heavy atom. The van der Waals surface area contributed by atoms with Crippen LogP contribution >= 0.6 is 0 Å². The first-order valence-corrected chi connectivity index (χ1v) is 7.80. The summed E-state index contributed by atoms with van der Waals surface area (Å²) in [7, 11) is -0.640. The zero-order valence-corrected chi connectivity index (χ0v) is 14.2. The highest BCUT2D eigenvalue weighted by atomic mass is 16.7. The lowest BCUT2D eigenvalue weighted by Gasteiger charge is -2.32. The van der Waals surface area contributed by atoms with Gasteiger partial charge in [-0.15, -0.1) is 0 Å². The quantitative estimate of drug-likeness (QED) is 0.838. The Labute approximate surface area is 140 Å². The fourth-order valence-corrected chi connectivity index (χ4v) is 2.60. The Balaban J connectivity index is 2.11. The highest BCUT2D eigenvalue weighted by Gasteiger charge is 2.52. The second-order valence-corrected chi connectivity index (χ2v) is 6.75. The van der Waals surface area contributed by atoms with Crippen LogP contribution in [0.2, 0.25) is 0 Å². The molecule has 1 saturated heterocycles. The van der Waals surface area contributed by atoms with Crippen LogP contribution in [0, 0.1) is 11.3 Å². The van der Waals surface area contributed by atoms with E-state index >= 15 is 0 Å². The van der Waals surface area contributed by atoms with Crippen LogP contribution in [0.3, 0.4) is 0 Å². The number of nitriles is 1. The highest BCUT2D eigenvalue weighted by molar-refractivity contribution is 6.64. The fraction of sp³-hybridized carbons (Fsp3) is 0.500. The molecule has 0 amide bonds. The predicted octanol–water partition coefficient (Wildman–Crippen LogP) is 0.876. The highest BCUT2D eigenvalue weighted by Crippen LogP contribution is 2.37. The molecule has 3 rings (SSSR count). The van der Waals surface area contributed by atoms with E-state index in [1.54, 1.807) is 16.8 Å². The number of fused-ring (bicyclic) bond motifs is 1. The monoisotopic (exact) mass is 329 g/mol. The lowest BCUT2D eigenvalue weighted by atomic mass is 9.78. The molecule has 1 N–H and O–H groups in total. The molecule has 3 heterocycles. The van der Waals surface area contributed by atoms with Crippen LogP contribution in [0.5, 0.6) is 5.75 Å². The van der Waals surface area contributed by atoms with Crippen LogP contribution in [0.15, 0.2) is 18.5 Å². The Kier molecular flexibility index (Phi) is 4.04. The number of ether oxygens (including phenoxy) is 1. The average Bonchev–Trinajstić information content (AvgIpc) is 3.02. The Hall–Kier alpha value is -2.08. The lowest BCUT2D eigenvalue weighted by molar-refractivity contribution is 0.00578. The van der Waals surface area contributed by atoms with Crippen molar-refractivity contribution in [3.63, 3.8) is 0 Å². The maximum absolute atomic E-state index is 9.36. The van der Waals surface area contributed by atoms with E-state index in [2.05, 4.69) is 11.2 Å². The summed E-state index contributed by atoms with van der Waals surface area (Å²) in [5, 5.41) is 22.5. The molecule has 126 valence electrons. The number of rotatable bonds is 4. The van der Waals surface area contributed by atoms with E-state index in [1.165, 1.54) is 6.20 Å². The topological polar surface area (TPSA) is 89.0 Å². The van der Waals surface area contributed by atoms with E-state index < -0.39 is 18.3 Å². The number of aromatic nitrogens is 2. The summed E-state index contributed by atoms with van der Waals surface area (Å²) < 4.78 is 19.3. The van der Waals surface area contributed by atoms with Crippen molar-refractivity contribution in [2.75, 3.05) is 13.2 Å². The molecule has 1 aliphatic heterocycles. The maximum Gasteiger partial charge on any atom is 0.497 e. The summed E-state index contributed by atoms with van der Waals surface area (Å²) >= 11 is 0. The van der Waals surface area contributed by atoms with E-state index in [9.17, 15) is 5.26 Å². The van der Waals surface area contributed by atoms with Gasteiger partial charge in [-0.05, 0) is 33.8 Å². The normalized spacial score (nSPS) is 18.8. The summed E-state index contributed by atoms with van der Waals surface area (Å²) in [6, 6.07) is 3.92. The predicted molar refractivity (Wildman–Crippen MR) is 88.2 cm³/mol. The molecule has 0 radical (unpaired) electrons. The molecule has 0 aliphatic carbocycles. The molecule has 0 spiro atoms. The van der Waals surface area contributed by atoms with Crippen molar-refractivity contribution in [1.82, 2.24) is 9.61 Å². The van der Waals surface area contributed by atoms with E-state index in [0.29, 0.717) is 22.3 Å². The van der Waals surface area contributed by atoms with Crippen molar-refractivity contribution in [2.45, 2.75) is 38.9 Å². The molecule has 2 aromatic rings. The van der Waals surface area contributed by atoms with Gasteiger partial charge in [0, 0.05) is 5.46 Å². The number of nitrogens with zero attached hydrogens (tertiary/aromatic N) is 3. The van der Waals surface area contributed by atoms with Crippen molar-refractivity contribution in [2.24, 2.45) is 0 Å². The zero-order chi connectivity index (χ0) is 17.5. The second kappa shape index (κ2) is 5.78. The summed E-state index contributed by atoms with van der Waals surface area (Å²) in [5.74, 6) is 0.522. The van der Waals surface area contributed by atoms with Crippen LogP contribution in [0.4, 0.5) is 0 Å². The lowest BCUT2D eigenvalue weighted by Crippen LogP contribution is -2.41. The van der Waals surface area contributed by atoms with Crippen molar-refractivity contribution < 1.29 is 19.2 Å². The number of aliphatic hydroxyl groups excluding tert-OH is 1. The molecule has 2 aromatic heterocycles. The van der Waals surface area contributed by atoms with E-state index in [-0.39, 0.29) is 13.2 Å². The smallest absolute Gasteiger partial charge is 0.490 e. The molecular formula is C16H20BN3O4. The van der Waals surface area contributed by atoms with E-state index in [4.69, 9.17) is 19.2 Å². The zero-order valence-electron chi connectivity index (χ0n) is 14.2. The van der Waals surface area contributed by atoms with Gasteiger partial charge >= 0.3 is 7.12 Å². The van der Waals surface area contributed by atoms with Crippen LogP contribution in [0.25, 0.3) is 5.52 Å². The molecule has 0 saturated carbocycles. The Bertz CT molecular complexity index is 793. The molecule has 0 unspecified atom stereocenters. The first kappa shape index (κ1) is 16.8. The van der Waals surface area contributed by atoms with Crippen LogP contribution in [-0.2, 0) is 9.31 Å². The maximum atomic E-state index is 9.36. The third-order valence-corrected chi connectivity index (χ3v) is 4.60. The van der Waals surface area contributed by atoms with Crippen molar-refractivity contribution >= 4 is 18.1 Å². The molecular weight excluding hydrogens is 309 g/mol. The minimum Gasteiger partial charge on any atom is -0.490 e. The second-order valence-electron chi connectivity index (χ2n) is 6.75. The van der Waals surface area contributed by atoms with E-state index in [1.807, 2.05) is 27.7 Å². The van der Waals surface area contributed by atoms with Gasteiger partial charge in [-0.25, -0.2) is 4.52 Å². The van der Waals surface area contributed by atoms with Gasteiger partial charge in [0.15, 0.2) is 0 Å². The van der Waals surface area contributed by atoms with Crippen molar-refractivity contribution in [3.8, 4) is 11.8 Å². The molecule has 0 bridgehead atoms. The van der Waals surface area contributed by atoms with Gasteiger partial charge in [0.2, 0.25) is 0 Å². The minimum absolute atomic E-state index is 0.0909. The number of hydrogen-bond donors (Lipinski definition) is 1. The van der Waals surface area contributed by atoms with Gasteiger partial charge in [0.25, 0.3) is 0 Å². The number of pyridine rings is 1. The number of hydrogen-bond acceptors (Lipinski definition) is 6. The summed E-state index contributed by atoms with van der Waals surface area (Å²) in [6.07, 6.45) is 3.17. The summed E-state index contributed by atoms with van der Waals surface area (Å²) in [6.45, 7) is 7.96. The van der Waals surface area contributed by atoms with E-state index in [0.717, 1.165) is 0 Å². The largest absolute Gasteiger partial charge is 0.497 e. The van der Waals surface area contributed by atoms with Crippen LogP contribution < -0.4 is 10.2 Å².